The fraction of sp³-hybridized carbons (Fsp3) is 0.200. The first-order valence-electron chi connectivity index (χ1n) is 7.45. The predicted molar refractivity (Wildman–Crippen MR) is 101 cm³/mol. The number of carbonyl (C=O) groups is 2. The molecule has 0 fully saturated rings. The number of benzene rings is 1. The Kier molecular flexibility index (Phi) is 16.1. The number of carboxylic acids is 1. The largest absolute Gasteiger partial charge is 0.478 e. The van der Waals surface area contributed by atoms with Gasteiger partial charge in [0.2, 0.25) is 0 Å². The summed E-state index contributed by atoms with van der Waals surface area (Å²) in [6.45, 7) is 16.2. The lowest BCUT2D eigenvalue weighted by Gasteiger charge is -1.97. The van der Waals surface area contributed by atoms with Crippen molar-refractivity contribution in [2.24, 2.45) is 0 Å². The summed E-state index contributed by atoms with van der Waals surface area (Å²) < 4.78 is 4.67. The fourth-order valence-electron chi connectivity index (χ4n) is 1.26. The van der Waals surface area contributed by atoms with Crippen molar-refractivity contribution in [1.29, 1.82) is 0 Å². The van der Waals surface area contributed by atoms with Gasteiger partial charge >= 0.3 is 11.9 Å². The van der Waals surface area contributed by atoms with E-state index in [9.17, 15) is 9.59 Å². The second-order valence-corrected chi connectivity index (χ2v) is 4.30. The van der Waals surface area contributed by atoms with Gasteiger partial charge in [-0.05, 0) is 17.5 Å². The van der Waals surface area contributed by atoms with Gasteiger partial charge in [0.25, 0.3) is 0 Å². The van der Waals surface area contributed by atoms with Crippen LogP contribution < -0.4 is 0 Å². The smallest absolute Gasteiger partial charge is 0.330 e. The van der Waals surface area contributed by atoms with Crippen molar-refractivity contribution >= 4 is 24.1 Å². The number of hydrogen-bond donors (Lipinski definition) is 1. The van der Waals surface area contributed by atoms with E-state index < -0.39 is 5.97 Å². The van der Waals surface area contributed by atoms with Gasteiger partial charge in [0.1, 0.15) is 0 Å². The van der Waals surface area contributed by atoms with Crippen LogP contribution in [0.4, 0.5) is 0 Å². The van der Waals surface area contributed by atoms with E-state index in [1.165, 1.54) is 6.08 Å². The van der Waals surface area contributed by atoms with E-state index in [4.69, 9.17) is 5.11 Å². The van der Waals surface area contributed by atoms with E-state index >= 15 is 0 Å². The second kappa shape index (κ2) is 16.5. The Morgan fingerprint density at radius 1 is 1.04 bits per heavy atom. The molecule has 0 aliphatic rings. The number of aliphatic carboxylic acids is 1. The van der Waals surface area contributed by atoms with E-state index in [0.717, 1.165) is 30.0 Å². The zero-order chi connectivity index (χ0) is 18.8. The van der Waals surface area contributed by atoms with E-state index in [2.05, 4.69) is 31.1 Å². The van der Waals surface area contributed by atoms with Crippen molar-refractivity contribution < 1.29 is 19.4 Å². The monoisotopic (exact) mass is 330 g/mol. The van der Waals surface area contributed by atoms with Crippen LogP contribution in [0.15, 0.2) is 62.7 Å². The highest BCUT2D eigenvalue weighted by Gasteiger charge is 1.91. The molecule has 0 aromatic heterocycles. The van der Waals surface area contributed by atoms with Crippen LogP contribution in [0.25, 0.3) is 12.2 Å². The lowest BCUT2D eigenvalue weighted by Crippen LogP contribution is -2.00. The third-order valence-electron chi connectivity index (χ3n) is 2.52. The summed E-state index contributed by atoms with van der Waals surface area (Å²) in [4.78, 5) is 19.6. The summed E-state index contributed by atoms with van der Waals surface area (Å²) in [5.74, 6) is -1.31. The molecule has 0 heterocycles. The summed E-state index contributed by atoms with van der Waals surface area (Å²) in [5, 5.41) is 7.60. The molecule has 0 saturated heterocycles. The molecule has 1 N–H and O–H groups in total. The van der Waals surface area contributed by atoms with Crippen LogP contribution in [0.3, 0.4) is 0 Å². The summed E-state index contributed by atoms with van der Waals surface area (Å²) in [5.41, 5.74) is 2.27. The van der Waals surface area contributed by atoms with Crippen LogP contribution in [0.5, 0.6) is 0 Å². The molecular formula is C20H26O4. The van der Waals surface area contributed by atoms with Gasteiger partial charge in [0, 0.05) is 12.2 Å². The van der Waals surface area contributed by atoms with Gasteiger partial charge in [-0.15, -0.1) is 0 Å². The quantitative estimate of drug-likeness (QED) is 0.445. The molecule has 0 amide bonds. The third kappa shape index (κ3) is 14.1. The number of hydrogen-bond acceptors (Lipinski definition) is 3. The normalized spacial score (nSPS) is 8.21. The average molecular weight is 330 g/mol. The standard InChI is InChI=1S/C10H10.C7H12O2.C3H4O2/c1-3-9-7-5-6-8-10(9)4-2;1-3-5-6-9-7(8)4-2;1-2-3(4)5/h3-8H,1-2H2;4H,2-3,5-6H2,1H3;2H,1H2,(H,4,5). The van der Waals surface area contributed by atoms with Crippen LogP contribution >= 0.6 is 0 Å². The first-order chi connectivity index (χ1) is 11.5. The van der Waals surface area contributed by atoms with Crippen molar-refractivity contribution in [1.82, 2.24) is 0 Å². The molecule has 1 aromatic rings. The first kappa shape index (κ1) is 23.4. The summed E-state index contributed by atoms with van der Waals surface area (Å²) in [6, 6.07) is 8.02. The Bertz CT molecular complexity index is 517. The van der Waals surface area contributed by atoms with E-state index in [1.54, 1.807) is 0 Å². The van der Waals surface area contributed by atoms with Crippen LogP contribution in [0.2, 0.25) is 0 Å². The zero-order valence-corrected chi connectivity index (χ0v) is 14.2. The average Bonchev–Trinajstić information content (AvgIpc) is 2.62. The van der Waals surface area contributed by atoms with Crippen molar-refractivity contribution in [3.8, 4) is 0 Å². The molecule has 24 heavy (non-hydrogen) atoms. The SMILES string of the molecule is C=CC(=O)O.C=CC(=O)OCCCC.C=Cc1ccccc1C=C. The highest BCUT2D eigenvalue weighted by molar-refractivity contribution is 5.81. The Morgan fingerprint density at radius 2 is 1.50 bits per heavy atom. The van der Waals surface area contributed by atoms with Gasteiger partial charge < -0.3 is 9.84 Å². The molecule has 0 radical (unpaired) electrons. The molecule has 0 saturated carbocycles. The maximum absolute atomic E-state index is 10.3. The van der Waals surface area contributed by atoms with Gasteiger partial charge in [0.15, 0.2) is 0 Å². The van der Waals surface area contributed by atoms with Gasteiger partial charge in [-0.1, -0.05) is 76.1 Å². The third-order valence-corrected chi connectivity index (χ3v) is 2.52. The van der Waals surface area contributed by atoms with Gasteiger partial charge in [-0.25, -0.2) is 9.59 Å². The van der Waals surface area contributed by atoms with Crippen LogP contribution in [-0.2, 0) is 14.3 Å². The van der Waals surface area contributed by atoms with Crippen molar-refractivity contribution in [3.05, 3.63) is 73.9 Å². The Hall–Kier alpha value is -2.88. The highest BCUT2D eigenvalue weighted by atomic mass is 16.5. The molecule has 1 aromatic carbocycles. The molecule has 4 nitrogen and oxygen atoms in total. The maximum atomic E-state index is 10.3. The van der Waals surface area contributed by atoms with Gasteiger partial charge in [0.05, 0.1) is 6.61 Å². The van der Waals surface area contributed by atoms with Crippen LogP contribution in [0, 0.1) is 0 Å². The first-order valence-corrected chi connectivity index (χ1v) is 7.45. The number of carbonyl (C=O) groups excluding carboxylic acids is 1. The molecule has 4 heteroatoms. The van der Waals surface area contributed by atoms with Gasteiger partial charge in [-0.3, -0.25) is 0 Å². The lowest BCUT2D eigenvalue weighted by molar-refractivity contribution is -0.137. The number of ether oxygens (including phenoxy) is 1. The molecule has 0 unspecified atom stereocenters. The number of rotatable bonds is 7. The minimum Gasteiger partial charge on any atom is -0.478 e. The number of carboxylic acid groups (broad SMARTS) is 1. The Labute approximate surface area is 144 Å². The number of unbranched alkanes of at least 4 members (excludes halogenated alkanes) is 1. The van der Waals surface area contributed by atoms with Crippen molar-refractivity contribution in [3.63, 3.8) is 0 Å². The molecule has 130 valence electrons. The molecule has 0 atom stereocenters. The fourth-order valence-corrected chi connectivity index (χ4v) is 1.26. The van der Waals surface area contributed by atoms with Crippen LogP contribution in [0.1, 0.15) is 30.9 Å². The summed E-state index contributed by atoms with van der Waals surface area (Å²) in [7, 11) is 0. The van der Waals surface area contributed by atoms with Crippen molar-refractivity contribution in [2.75, 3.05) is 6.61 Å². The second-order valence-electron chi connectivity index (χ2n) is 4.30. The highest BCUT2D eigenvalue weighted by Crippen LogP contribution is 2.10. The molecule has 0 bridgehead atoms. The minimum atomic E-state index is -0.981. The van der Waals surface area contributed by atoms with Crippen molar-refractivity contribution in [2.45, 2.75) is 19.8 Å². The summed E-state index contributed by atoms with van der Waals surface area (Å²) >= 11 is 0. The molecule has 0 aliphatic heterocycles. The number of esters is 1. The van der Waals surface area contributed by atoms with Crippen LogP contribution in [-0.4, -0.2) is 23.7 Å². The molecule has 0 aliphatic carbocycles. The van der Waals surface area contributed by atoms with Gasteiger partial charge in [-0.2, -0.15) is 0 Å². The molecule has 1 rings (SSSR count). The Morgan fingerprint density at radius 3 is 1.79 bits per heavy atom. The minimum absolute atomic E-state index is 0.330. The van der Waals surface area contributed by atoms with E-state index in [1.807, 2.05) is 43.3 Å². The topological polar surface area (TPSA) is 63.6 Å². The predicted octanol–water partition coefficient (Wildman–Crippen LogP) is 4.75. The Balaban J connectivity index is 0. The summed E-state index contributed by atoms with van der Waals surface area (Å²) in [6.07, 6.45) is 7.65. The zero-order valence-electron chi connectivity index (χ0n) is 14.2. The maximum Gasteiger partial charge on any atom is 0.330 e. The van der Waals surface area contributed by atoms with E-state index in [0.29, 0.717) is 6.61 Å². The lowest BCUT2D eigenvalue weighted by atomic mass is 10.1. The molecular weight excluding hydrogens is 304 g/mol. The molecule has 0 spiro atoms. The van der Waals surface area contributed by atoms with E-state index in [-0.39, 0.29) is 5.97 Å².